The lowest BCUT2D eigenvalue weighted by Crippen LogP contribution is -2.53. The van der Waals surface area contributed by atoms with Crippen LogP contribution < -0.4 is 10.3 Å². The maximum Gasteiger partial charge on any atom is 0.291 e. The maximum atomic E-state index is 14.6. The molecule has 2 amide bonds. The van der Waals surface area contributed by atoms with Crippen molar-refractivity contribution in [3.8, 4) is 0 Å². The molecular formula is C30H26N2O4. The van der Waals surface area contributed by atoms with Gasteiger partial charge in [-0.15, -0.1) is 0 Å². The Morgan fingerprint density at radius 3 is 2.42 bits per heavy atom. The number of aryl methyl sites for hydroxylation is 1. The van der Waals surface area contributed by atoms with E-state index in [0.29, 0.717) is 41.7 Å². The van der Waals surface area contributed by atoms with Crippen molar-refractivity contribution in [2.24, 2.45) is 0 Å². The van der Waals surface area contributed by atoms with E-state index in [9.17, 15) is 14.4 Å². The second-order valence-electron chi connectivity index (χ2n) is 9.49. The predicted molar refractivity (Wildman–Crippen MR) is 138 cm³/mol. The lowest BCUT2D eigenvalue weighted by Gasteiger charge is -2.34. The van der Waals surface area contributed by atoms with E-state index >= 15 is 0 Å². The van der Waals surface area contributed by atoms with Crippen LogP contribution in [0.4, 0.5) is 5.69 Å². The molecule has 6 heteroatoms. The predicted octanol–water partition coefficient (Wildman–Crippen LogP) is 5.15. The van der Waals surface area contributed by atoms with Gasteiger partial charge in [0.15, 0.2) is 11.0 Å². The highest BCUT2D eigenvalue weighted by Crippen LogP contribution is 2.53. The van der Waals surface area contributed by atoms with E-state index in [4.69, 9.17) is 4.42 Å². The van der Waals surface area contributed by atoms with E-state index < -0.39 is 11.4 Å². The molecule has 2 aliphatic heterocycles. The molecule has 0 saturated carbocycles. The van der Waals surface area contributed by atoms with Crippen molar-refractivity contribution >= 4 is 28.5 Å². The topological polar surface area (TPSA) is 70.8 Å². The molecule has 1 aromatic heterocycles. The molecule has 0 fully saturated rings. The largest absolute Gasteiger partial charge is 0.450 e. The summed E-state index contributed by atoms with van der Waals surface area (Å²) in [5.74, 6) is -0.740. The Morgan fingerprint density at radius 2 is 1.61 bits per heavy atom. The van der Waals surface area contributed by atoms with Crippen molar-refractivity contribution in [2.75, 3.05) is 11.4 Å². The van der Waals surface area contributed by atoms with E-state index in [1.54, 1.807) is 34.1 Å². The minimum absolute atomic E-state index is 0.0318. The highest BCUT2D eigenvalue weighted by Gasteiger charge is 2.64. The summed E-state index contributed by atoms with van der Waals surface area (Å²) < 4.78 is 6.07. The Bertz CT molecular complexity index is 1600. The summed E-state index contributed by atoms with van der Waals surface area (Å²) in [6, 6.07) is 22.3. The molecule has 0 N–H and O–H groups in total. The third-order valence-electron chi connectivity index (χ3n) is 7.47. The van der Waals surface area contributed by atoms with Gasteiger partial charge in [-0.2, -0.15) is 0 Å². The van der Waals surface area contributed by atoms with Gasteiger partial charge in [0.1, 0.15) is 5.58 Å². The van der Waals surface area contributed by atoms with Gasteiger partial charge in [-0.3, -0.25) is 14.4 Å². The van der Waals surface area contributed by atoms with Crippen LogP contribution in [-0.4, -0.2) is 23.3 Å². The first-order valence-corrected chi connectivity index (χ1v) is 12.3. The van der Waals surface area contributed by atoms with Crippen molar-refractivity contribution in [2.45, 2.75) is 38.8 Å². The molecule has 6 nitrogen and oxygen atoms in total. The fourth-order valence-corrected chi connectivity index (χ4v) is 5.67. The Kier molecular flexibility index (Phi) is 5.07. The first-order chi connectivity index (χ1) is 17.5. The van der Waals surface area contributed by atoms with Gasteiger partial charge in [-0.25, -0.2) is 0 Å². The molecule has 4 aromatic rings. The van der Waals surface area contributed by atoms with Crippen molar-refractivity contribution in [3.63, 3.8) is 0 Å². The number of carbonyl (C=O) groups is 2. The summed E-state index contributed by atoms with van der Waals surface area (Å²) in [5, 5.41) is 0.364. The molecule has 0 radical (unpaired) electrons. The van der Waals surface area contributed by atoms with E-state index in [-0.39, 0.29) is 22.7 Å². The fraction of sp³-hybridized carbons (Fsp3) is 0.233. The smallest absolute Gasteiger partial charge is 0.291 e. The second kappa shape index (κ2) is 8.19. The quantitative estimate of drug-likeness (QED) is 0.398. The van der Waals surface area contributed by atoms with Crippen LogP contribution in [0, 0.1) is 6.92 Å². The molecule has 36 heavy (non-hydrogen) atoms. The molecular weight excluding hydrogens is 452 g/mol. The normalized spacial score (nSPS) is 18.4. The SMILES string of the molecule is CCCCN1C(=O)c2oc3ccccc3c(=O)c2C12C(=O)N(Cc1ccccc1C)c1ccccc12. The zero-order valence-corrected chi connectivity index (χ0v) is 20.3. The molecule has 0 saturated heterocycles. The van der Waals surface area contributed by atoms with Crippen LogP contribution in [-0.2, 0) is 16.9 Å². The standard InChI is InChI=1S/C30H26N2O4/c1-3-4-17-32-28(34)27-25(26(33)21-13-7-10-16-24(21)36-27)30(32)22-14-8-9-15-23(22)31(29(30)35)18-20-12-6-5-11-19(20)2/h5-16H,3-4,17-18H2,1-2H3. The molecule has 6 rings (SSSR count). The van der Waals surface area contributed by atoms with Gasteiger partial charge in [0, 0.05) is 12.1 Å². The Labute approximate surface area is 208 Å². The van der Waals surface area contributed by atoms with Crippen LogP contribution in [0.15, 0.2) is 82.0 Å². The number of amides is 2. The fourth-order valence-electron chi connectivity index (χ4n) is 5.67. The number of carbonyl (C=O) groups excluding carboxylic acids is 2. The monoisotopic (exact) mass is 478 g/mol. The highest BCUT2D eigenvalue weighted by atomic mass is 16.3. The second-order valence-corrected chi connectivity index (χ2v) is 9.49. The first-order valence-electron chi connectivity index (χ1n) is 12.3. The lowest BCUT2D eigenvalue weighted by molar-refractivity contribution is -0.126. The summed E-state index contributed by atoms with van der Waals surface area (Å²) in [7, 11) is 0. The number of unbranched alkanes of at least 4 members (excludes halogenated alkanes) is 1. The van der Waals surface area contributed by atoms with Gasteiger partial charge >= 0.3 is 0 Å². The zero-order valence-electron chi connectivity index (χ0n) is 20.3. The van der Waals surface area contributed by atoms with Crippen LogP contribution in [0.2, 0.25) is 0 Å². The first kappa shape index (κ1) is 22.3. The molecule has 0 bridgehead atoms. The summed E-state index contributed by atoms with van der Waals surface area (Å²) in [5.41, 5.74) is 2.03. The summed E-state index contributed by atoms with van der Waals surface area (Å²) in [6.45, 7) is 4.73. The summed E-state index contributed by atoms with van der Waals surface area (Å²) in [6.07, 6.45) is 1.53. The van der Waals surface area contributed by atoms with Crippen LogP contribution >= 0.6 is 0 Å². The Balaban J connectivity index is 1.65. The van der Waals surface area contributed by atoms with Crippen LogP contribution in [0.1, 0.15) is 52.6 Å². The molecule has 1 spiro atoms. The van der Waals surface area contributed by atoms with E-state index in [2.05, 4.69) is 0 Å². The summed E-state index contributed by atoms with van der Waals surface area (Å²) >= 11 is 0. The molecule has 1 unspecified atom stereocenters. The van der Waals surface area contributed by atoms with Gasteiger partial charge in [0.25, 0.3) is 11.8 Å². The van der Waals surface area contributed by atoms with Crippen LogP contribution in [0.5, 0.6) is 0 Å². The summed E-state index contributed by atoms with van der Waals surface area (Å²) in [4.78, 5) is 45.8. The van der Waals surface area contributed by atoms with E-state index in [0.717, 1.165) is 17.5 Å². The Hall–Kier alpha value is -4.19. The highest BCUT2D eigenvalue weighted by molar-refractivity contribution is 6.17. The van der Waals surface area contributed by atoms with Crippen LogP contribution in [0.3, 0.4) is 0 Å². The van der Waals surface area contributed by atoms with Crippen molar-refractivity contribution < 1.29 is 14.0 Å². The van der Waals surface area contributed by atoms with Gasteiger partial charge in [0.2, 0.25) is 5.76 Å². The molecule has 3 heterocycles. The average Bonchev–Trinajstić information content (AvgIpc) is 3.29. The number of anilines is 1. The number of hydrogen-bond donors (Lipinski definition) is 0. The number of rotatable bonds is 5. The van der Waals surface area contributed by atoms with Crippen molar-refractivity contribution in [3.05, 3.63) is 111 Å². The van der Waals surface area contributed by atoms with E-state index in [1.165, 1.54) is 0 Å². The van der Waals surface area contributed by atoms with Gasteiger partial charge in [-0.05, 0) is 42.7 Å². The maximum absolute atomic E-state index is 14.6. The minimum Gasteiger partial charge on any atom is -0.450 e. The third-order valence-corrected chi connectivity index (χ3v) is 7.47. The minimum atomic E-state index is -1.55. The number of benzene rings is 3. The van der Waals surface area contributed by atoms with Gasteiger partial charge < -0.3 is 14.2 Å². The zero-order chi connectivity index (χ0) is 25.0. The lowest BCUT2D eigenvalue weighted by atomic mass is 9.84. The van der Waals surface area contributed by atoms with Crippen molar-refractivity contribution in [1.82, 2.24) is 4.90 Å². The van der Waals surface area contributed by atoms with E-state index in [1.807, 2.05) is 62.4 Å². The van der Waals surface area contributed by atoms with Gasteiger partial charge in [0.05, 0.1) is 23.2 Å². The molecule has 0 aliphatic carbocycles. The average molecular weight is 479 g/mol. The number of hydrogen-bond acceptors (Lipinski definition) is 4. The van der Waals surface area contributed by atoms with Gasteiger partial charge in [-0.1, -0.05) is 67.9 Å². The number of fused-ring (bicyclic) bond motifs is 5. The molecule has 180 valence electrons. The Morgan fingerprint density at radius 1 is 0.889 bits per heavy atom. The third kappa shape index (κ3) is 2.87. The molecule has 1 atom stereocenters. The van der Waals surface area contributed by atoms with Crippen LogP contribution in [0.25, 0.3) is 11.0 Å². The molecule has 3 aromatic carbocycles. The number of para-hydroxylation sites is 2. The number of nitrogens with zero attached hydrogens (tertiary/aromatic N) is 2. The molecule has 2 aliphatic rings. The van der Waals surface area contributed by atoms with Crippen molar-refractivity contribution in [1.29, 1.82) is 0 Å².